The van der Waals surface area contributed by atoms with Crippen LogP contribution in [0.15, 0.2) is 66.9 Å². The Bertz CT molecular complexity index is 1320. The molecule has 2 bridgehead atoms. The summed E-state index contributed by atoms with van der Waals surface area (Å²) in [7, 11) is 1.63. The maximum atomic E-state index is 13.3. The molecule has 0 aliphatic heterocycles. The highest BCUT2D eigenvalue weighted by atomic mass is 16.5. The molecule has 5 rings (SSSR count). The number of amides is 3. The molecule has 7 heteroatoms. The van der Waals surface area contributed by atoms with Gasteiger partial charge in [-0.15, -0.1) is 0 Å². The number of aromatic nitrogens is 1. The Morgan fingerprint density at radius 1 is 1.05 bits per heavy atom. The van der Waals surface area contributed by atoms with E-state index in [2.05, 4.69) is 36.7 Å². The summed E-state index contributed by atoms with van der Waals surface area (Å²) >= 11 is 0. The number of carbonyl (C=O) groups is 2. The SMILES string of the molecule is CCC1(C)[C@@H]2CC[C@@]1(C)C(NC(=O)Nc1cc(C(=O)NCc3ccc(OC)cc3)n(Cc3ccccc3)c1)C2. The number of fused-ring (bicyclic) bond motifs is 2. The van der Waals surface area contributed by atoms with Crippen LogP contribution in [0.4, 0.5) is 10.5 Å². The molecule has 2 aromatic carbocycles. The largest absolute Gasteiger partial charge is 0.497 e. The normalized spacial score (nSPS) is 25.3. The van der Waals surface area contributed by atoms with Crippen molar-refractivity contribution in [3.05, 3.63) is 83.7 Å². The number of nitrogens with one attached hydrogen (secondary N) is 3. The van der Waals surface area contributed by atoms with Crippen LogP contribution in [-0.4, -0.2) is 29.7 Å². The number of anilines is 1. The average molecular weight is 529 g/mol. The molecular formula is C32H40N4O3. The lowest BCUT2D eigenvalue weighted by Gasteiger charge is -2.41. The van der Waals surface area contributed by atoms with Crippen LogP contribution in [0.3, 0.4) is 0 Å². The van der Waals surface area contributed by atoms with Gasteiger partial charge in [-0.3, -0.25) is 4.79 Å². The molecule has 2 unspecified atom stereocenters. The van der Waals surface area contributed by atoms with Crippen molar-refractivity contribution in [3.63, 3.8) is 0 Å². The predicted octanol–water partition coefficient (Wildman–Crippen LogP) is 6.20. The van der Waals surface area contributed by atoms with E-state index in [9.17, 15) is 9.59 Å². The van der Waals surface area contributed by atoms with Gasteiger partial charge < -0.3 is 25.3 Å². The Hall–Kier alpha value is -3.74. The van der Waals surface area contributed by atoms with Gasteiger partial charge in [-0.1, -0.05) is 63.2 Å². The molecule has 2 saturated carbocycles. The highest BCUT2D eigenvalue weighted by molar-refractivity contribution is 5.96. The Labute approximate surface area is 231 Å². The Balaban J connectivity index is 1.29. The zero-order valence-corrected chi connectivity index (χ0v) is 23.4. The maximum Gasteiger partial charge on any atom is 0.319 e. The molecule has 4 atom stereocenters. The van der Waals surface area contributed by atoms with Gasteiger partial charge in [-0.25, -0.2) is 4.79 Å². The highest BCUT2D eigenvalue weighted by Gasteiger charge is 2.63. The third-order valence-corrected chi connectivity index (χ3v) is 9.74. The fourth-order valence-electron chi connectivity index (χ4n) is 6.97. The Morgan fingerprint density at radius 3 is 2.46 bits per heavy atom. The van der Waals surface area contributed by atoms with E-state index in [1.807, 2.05) is 65.4 Å². The van der Waals surface area contributed by atoms with Crippen LogP contribution in [0, 0.1) is 16.7 Å². The summed E-state index contributed by atoms with van der Waals surface area (Å²) in [5.41, 5.74) is 3.51. The molecule has 1 aromatic heterocycles. The van der Waals surface area contributed by atoms with Gasteiger partial charge in [0.05, 0.1) is 12.8 Å². The number of ether oxygens (including phenoxy) is 1. The van der Waals surface area contributed by atoms with Gasteiger partial charge in [0, 0.05) is 25.3 Å². The molecule has 2 aliphatic rings. The lowest BCUT2D eigenvalue weighted by molar-refractivity contribution is 0.0942. The lowest BCUT2D eigenvalue weighted by Crippen LogP contribution is -2.48. The molecule has 2 aliphatic carbocycles. The van der Waals surface area contributed by atoms with E-state index < -0.39 is 0 Å². The second-order valence-corrected chi connectivity index (χ2v) is 11.6. The van der Waals surface area contributed by atoms with Gasteiger partial charge in [0.15, 0.2) is 0 Å². The third kappa shape index (κ3) is 5.14. The smallest absolute Gasteiger partial charge is 0.319 e. The van der Waals surface area contributed by atoms with Crippen LogP contribution in [0.1, 0.15) is 68.1 Å². The predicted molar refractivity (Wildman–Crippen MR) is 154 cm³/mol. The number of hydrogen-bond acceptors (Lipinski definition) is 3. The van der Waals surface area contributed by atoms with E-state index in [0.717, 1.165) is 36.1 Å². The molecule has 0 radical (unpaired) electrons. The summed E-state index contributed by atoms with van der Waals surface area (Å²) in [5.74, 6) is 1.23. The zero-order valence-electron chi connectivity index (χ0n) is 23.4. The van der Waals surface area contributed by atoms with E-state index in [4.69, 9.17) is 4.74 Å². The summed E-state index contributed by atoms with van der Waals surface area (Å²) in [4.78, 5) is 26.4. The maximum absolute atomic E-state index is 13.3. The minimum Gasteiger partial charge on any atom is -0.497 e. The monoisotopic (exact) mass is 528 g/mol. The topological polar surface area (TPSA) is 84.4 Å². The second kappa shape index (κ2) is 10.8. The van der Waals surface area contributed by atoms with Crippen LogP contribution < -0.4 is 20.7 Å². The molecule has 206 valence electrons. The number of carbonyl (C=O) groups excluding carboxylic acids is 2. The van der Waals surface area contributed by atoms with Crippen molar-refractivity contribution in [1.29, 1.82) is 0 Å². The van der Waals surface area contributed by atoms with Gasteiger partial charge in [0.1, 0.15) is 11.4 Å². The number of methoxy groups -OCH3 is 1. The summed E-state index contributed by atoms with van der Waals surface area (Å²) in [6.07, 6.45) is 6.40. The van der Waals surface area contributed by atoms with Gasteiger partial charge in [-0.05, 0) is 71.8 Å². The van der Waals surface area contributed by atoms with Crippen LogP contribution in [0.25, 0.3) is 0 Å². The van der Waals surface area contributed by atoms with E-state index >= 15 is 0 Å². The fourth-order valence-corrected chi connectivity index (χ4v) is 6.97. The van der Waals surface area contributed by atoms with E-state index in [-0.39, 0.29) is 28.8 Å². The van der Waals surface area contributed by atoms with E-state index in [1.165, 1.54) is 6.42 Å². The van der Waals surface area contributed by atoms with Crippen molar-refractivity contribution in [1.82, 2.24) is 15.2 Å². The third-order valence-electron chi connectivity index (χ3n) is 9.74. The standard InChI is InChI=1S/C32H40N4O3/c1-5-31(2)24-15-16-32(31,3)28(17-24)35-30(38)34-25-18-27(36(21-25)20-23-9-7-6-8-10-23)29(37)33-19-22-11-13-26(39-4)14-12-22/h6-14,18,21,24,28H,5,15-17,19-20H2,1-4H3,(H,33,37)(H2,34,35,38)/t24-,28?,31?,32+/m1/s1. The first-order chi connectivity index (χ1) is 18.8. The van der Waals surface area contributed by atoms with E-state index in [0.29, 0.717) is 30.4 Å². The summed E-state index contributed by atoms with van der Waals surface area (Å²) in [6, 6.07) is 19.3. The summed E-state index contributed by atoms with van der Waals surface area (Å²) < 4.78 is 7.11. The minimum atomic E-state index is -0.214. The van der Waals surface area contributed by atoms with Crippen molar-refractivity contribution in [2.75, 3.05) is 12.4 Å². The molecule has 1 heterocycles. The van der Waals surface area contributed by atoms with Crippen molar-refractivity contribution < 1.29 is 14.3 Å². The number of urea groups is 1. The van der Waals surface area contributed by atoms with Gasteiger partial charge in [0.25, 0.3) is 5.91 Å². The number of hydrogen-bond donors (Lipinski definition) is 3. The molecule has 3 aromatic rings. The van der Waals surface area contributed by atoms with Gasteiger partial charge >= 0.3 is 6.03 Å². The van der Waals surface area contributed by atoms with E-state index in [1.54, 1.807) is 13.2 Å². The van der Waals surface area contributed by atoms with Crippen LogP contribution >= 0.6 is 0 Å². The number of nitrogens with zero attached hydrogens (tertiary/aromatic N) is 1. The first-order valence-electron chi connectivity index (χ1n) is 14.0. The molecule has 0 saturated heterocycles. The van der Waals surface area contributed by atoms with Crippen LogP contribution in [0.5, 0.6) is 5.75 Å². The lowest BCUT2D eigenvalue weighted by atomic mass is 9.66. The minimum absolute atomic E-state index is 0.107. The highest BCUT2D eigenvalue weighted by Crippen LogP contribution is 2.67. The first-order valence-corrected chi connectivity index (χ1v) is 14.0. The van der Waals surface area contributed by atoms with Crippen molar-refractivity contribution in [2.45, 2.75) is 65.6 Å². The van der Waals surface area contributed by atoms with Crippen molar-refractivity contribution >= 4 is 17.6 Å². The quantitative estimate of drug-likeness (QED) is 0.309. The van der Waals surface area contributed by atoms with Gasteiger partial charge in [0.2, 0.25) is 0 Å². The molecule has 3 N–H and O–H groups in total. The first kappa shape index (κ1) is 26.9. The molecular weight excluding hydrogens is 488 g/mol. The number of rotatable bonds is 9. The van der Waals surface area contributed by atoms with Crippen LogP contribution in [0.2, 0.25) is 0 Å². The van der Waals surface area contributed by atoms with Crippen molar-refractivity contribution in [2.24, 2.45) is 16.7 Å². The van der Waals surface area contributed by atoms with Crippen LogP contribution in [-0.2, 0) is 13.1 Å². The van der Waals surface area contributed by atoms with Gasteiger partial charge in [-0.2, -0.15) is 0 Å². The summed E-state index contributed by atoms with van der Waals surface area (Å²) in [6.45, 7) is 7.92. The number of benzene rings is 2. The zero-order chi connectivity index (χ0) is 27.6. The molecule has 0 spiro atoms. The Morgan fingerprint density at radius 2 is 1.79 bits per heavy atom. The molecule has 39 heavy (non-hydrogen) atoms. The fraction of sp³-hybridized carbons (Fsp3) is 0.438. The molecule has 7 nitrogen and oxygen atoms in total. The average Bonchev–Trinajstić information content (AvgIpc) is 3.52. The Kier molecular flexibility index (Phi) is 7.43. The molecule has 2 fully saturated rings. The second-order valence-electron chi connectivity index (χ2n) is 11.6. The summed E-state index contributed by atoms with van der Waals surface area (Å²) in [5, 5.41) is 9.31. The molecule has 3 amide bonds. The van der Waals surface area contributed by atoms with Crippen molar-refractivity contribution in [3.8, 4) is 5.75 Å².